The molecule has 0 saturated heterocycles. The summed E-state index contributed by atoms with van der Waals surface area (Å²) in [5.74, 6) is 0.0256. The van der Waals surface area contributed by atoms with Gasteiger partial charge in [-0.05, 0) is 24.6 Å². The van der Waals surface area contributed by atoms with E-state index in [9.17, 15) is 8.42 Å². The van der Waals surface area contributed by atoms with Gasteiger partial charge >= 0.3 is 0 Å². The minimum Gasteiger partial charge on any atom is -0.381 e. The third-order valence-electron chi connectivity index (χ3n) is 3.29. The van der Waals surface area contributed by atoms with E-state index in [0.717, 1.165) is 10.0 Å². The quantitative estimate of drug-likeness (QED) is 0.888. The maximum atomic E-state index is 12.6. The monoisotopic (exact) mass is 372 g/mol. The summed E-state index contributed by atoms with van der Waals surface area (Å²) < 4.78 is 29.0. The van der Waals surface area contributed by atoms with Crippen LogP contribution in [0.2, 0.25) is 0 Å². The van der Waals surface area contributed by atoms with Crippen molar-refractivity contribution in [2.45, 2.75) is 18.4 Å². The molecular formula is C13H17BrN4O2S. The second kappa shape index (κ2) is 5.78. The predicted molar refractivity (Wildman–Crippen MR) is 85.2 cm³/mol. The molecule has 2 rings (SSSR count). The fraction of sp³-hybridized carbons (Fsp3) is 0.308. The smallest absolute Gasteiger partial charge is 0.248 e. The molecule has 0 radical (unpaired) electrons. The predicted octanol–water partition coefficient (Wildman–Crippen LogP) is 1.89. The molecule has 1 aromatic carbocycles. The van der Waals surface area contributed by atoms with Crippen LogP contribution in [0.1, 0.15) is 11.3 Å². The summed E-state index contributed by atoms with van der Waals surface area (Å²) in [6.45, 7) is 1.95. The molecule has 114 valence electrons. The number of rotatable bonds is 4. The molecule has 0 atom stereocenters. The molecule has 0 amide bonds. The fourth-order valence-corrected chi connectivity index (χ4v) is 3.73. The first-order chi connectivity index (χ1) is 9.73. The van der Waals surface area contributed by atoms with Crippen molar-refractivity contribution < 1.29 is 8.42 Å². The Kier molecular flexibility index (Phi) is 4.40. The van der Waals surface area contributed by atoms with Crippen LogP contribution in [0, 0.1) is 6.92 Å². The summed E-state index contributed by atoms with van der Waals surface area (Å²) in [5, 5.41) is 3.96. The minimum absolute atomic E-state index is 0.0256. The average molecular weight is 373 g/mol. The Morgan fingerprint density at radius 2 is 1.90 bits per heavy atom. The Bertz CT molecular complexity index is 753. The van der Waals surface area contributed by atoms with E-state index in [1.807, 2.05) is 24.3 Å². The number of nitrogen functional groups attached to an aromatic ring is 1. The van der Waals surface area contributed by atoms with Gasteiger partial charge in [-0.1, -0.05) is 28.1 Å². The first-order valence-electron chi connectivity index (χ1n) is 6.23. The Morgan fingerprint density at radius 3 is 2.38 bits per heavy atom. The molecule has 1 heterocycles. The molecule has 1 aromatic heterocycles. The topological polar surface area (TPSA) is 81.2 Å². The maximum Gasteiger partial charge on any atom is 0.248 e. The molecule has 0 spiro atoms. The molecule has 2 N–H and O–H groups in total. The molecule has 8 heteroatoms. The lowest BCUT2D eigenvalue weighted by atomic mass is 10.2. The zero-order valence-corrected chi connectivity index (χ0v) is 14.4. The van der Waals surface area contributed by atoms with Gasteiger partial charge in [-0.3, -0.25) is 4.68 Å². The Balaban J connectivity index is 2.32. The highest BCUT2D eigenvalue weighted by Crippen LogP contribution is 2.25. The molecule has 0 aliphatic heterocycles. The molecule has 0 aliphatic carbocycles. The molecule has 0 aliphatic rings. The molecule has 0 bridgehead atoms. The first-order valence-corrected chi connectivity index (χ1v) is 8.46. The number of nitrogens with two attached hydrogens (primary N) is 1. The lowest BCUT2D eigenvalue weighted by Crippen LogP contribution is -2.27. The molecule has 6 nitrogen and oxygen atoms in total. The largest absolute Gasteiger partial charge is 0.381 e. The van der Waals surface area contributed by atoms with Crippen molar-refractivity contribution in [1.29, 1.82) is 0 Å². The van der Waals surface area contributed by atoms with E-state index in [2.05, 4.69) is 21.0 Å². The van der Waals surface area contributed by atoms with E-state index in [-0.39, 0.29) is 17.3 Å². The van der Waals surface area contributed by atoms with Crippen molar-refractivity contribution in [3.8, 4) is 0 Å². The average Bonchev–Trinajstić information content (AvgIpc) is 2.66. The highest BCUT2D eigenvalue weighted by Gasteiger charge is 2.28. The van der Waals surface area contributed by atoms with Gasteiger partial charge in [-0.25, -0.2) is 8.42 Å². The van der Waals surface area contributed by atoms with Crippen LogP contribution in [0.25, 0.3) is 0 Å². The third kappa shape index (κ3) is 3.12. The van der Waals surface area contributed by atoms with E-state index in [4.69, 9.17) is 5.73 Å². The number of anilines is 1. The van der Waals surface area contributed by atoms with Crippen molar-refractivity contribution in [2.24, 2.45) is 7.05 Å². The van der Waals surface area contributed by atoms with E-state index in [1.165, 1.54) is 16.0 Å². The van der Waals surface area contributed by atoms with Crippen LogP contribution in [-0.4, -0.2) is 29.6 Å². The van der Waals surface area contributed by atoms with Gasteiger partial charge in [-0.15, -0.1) is 0 Å². The van der Waals surface area contributed by atoms with Crippen molar-refractivity contribution in [2.75, 3.05) is 12.8 Å². The fourth-order valence-electron chi connectivity index (χ4n) is 2.02. The Morgan fingerprint density at radius 1 is 1.33 bits per heavy atom. The number of benzene rings is 1. The Labute approximate surface area is 132 Å². The van der Waals surface area contributed by atoms with E-state index < -0.39 is 10.0 Å². The van der Waals surface area contributed by atoms with Crippen molar-refractivity contribution in [1.82, 2.24) is 14.1 Å². The lowest BCUT2D eigenvalue weighted by Gasteiger charge is -2.17. The van der Waals surface area contributed by atoms with Gasteiger partial charge in [-0.2, -0.15) is 9.40 Å². The standard InChI is InChI=1S/C13H17BrN4O2S/c1-9-12(13(15)16-18(9)3)21(19,20)17(2)8-10-4-6-11(14)7-5-10/h4-7H,8H2,1-3H3,(H2,15,16). The van der Waals surface area contributed by atoms with Gasteiger partial charge in [0.25, 0.3) is 0 Å². The van der Waals surface area contributed by atoms with Crippen LogP contribution in [0.3, 0.4) is 0 Å². The number of nitrogens with zero attached hydrogens (tertiary/aromatic N) is 3. The Hall–Kier alpha value is -1.38. The molecule has 0 unspecified atom stereocenters. The van der Waals surface area contributed by atoms with Gasteiger partial charge in [0.05, 0.1) is 5.69 Å². The van der Waals surface area contributed by atoms with Gasteiger partial charge < -0.3 is 5.73 Å². The highest BCUT2D eigenvalue weighted by atomic mass is 79.9. The zero-order valence-electron chi connectivity index (χ0n) is 12.0. The van der Waals surface area contributed by atoms with Crippen LogP contribution in [0.5, 0.6) is 0 Å². The zero-order chi connectivity index (χ0) is 15.8. The van der Waals surface area contributed by atoms with E-state index >= 15 is 0 Å². The molecule has 0 saturated carbocycles. The summed E-state index contributed by atoms with van der Waals surface area (Å²) in [4.78, 5) is 0.0737. The number of halogens is 1. The van der Waals surface area contributed by atoms with Crippen LogP contribution in [0.4, 0.5) is 5.82 Å². The summed E-state index contributed by atoms with van der Waals surface area (Å²) in [6.07, 6.45) is 0. The second-order valence-corrected chi connectivity index (χ2v) is 7.71. The number of aryl methyl sites for hydroxylation is 1. The van der Waals surface area contributed by atoms with Crippen LogP contribution in [-0.2, 0) is 23.6 Å². The highest BCUT2D eigenvalue weighted by molar-refractivity contribution is 9.10. The summed E-state index contributed by atoms with van der Waals surface area (Å²) in [6, 6.07) is 7.49. The van der Waals surface area contributed by atoms with Crippen molar-refractivity contribution in [3.63, 3.8) is 0 Å². The second-order valence-electron chi connectivity index (χ2n) is 4.81. The van der Waals surface area contributed by atoms with Gasteiger partial charge in [0.2, 0.25) is 10.0 Å². The number of aromatic nitrogens is 2. The molecule has 2 aromatic rings. The van der Waals surface area contributed by atoms with Crippen molar-refractivity contribution >= 4 is 31.8 Å². The molecule has 21 heavy (non-hydrogen) atoms. The van der Waals surface area contributed by atoms with Crippen LogP contribution < -0.4 is 5.73 Å². The molecular weight excluding hydrogens is 356 g/mol. The minimum atomic E-state index is -3.67. The first kappa shape index (κ1) is 16.0. The van der Waals surface area contributed by atoms with Gasteiger partial charge in [0.15, 0.2) is 5.82 Å². The maximum absolute atomic E-state index is 12.6. The van der Waals surface area contributed by atoms with Crippen molar-refractivity contribution in [3.05, 3.63) is 40.0 Å². The normalized spacial score (nSPS) is 12.0. The van der Waals surface area contributed by atoms with Gasteiger partial charge in [0, 0.05) is 25.1 Å². The van der Waals surface area contributed by atoms with E-state index in [1.54, 1.807) is 14.0 Å². The molecule has 0 fully saturated rings. The number of hydrogen-bond acceptors (Lipinski definition) is 4. The SMILES string of the molecule is Cc1c(S(=O)(=O)N(C)Cc2ccc(Br)cc2)c(N)nn1C. The lowest BCUT2D eigenvalue weighted by molar-refractivity contribution is 0.466. The van der Waals surface area contributed by atoms with Crippen LogP contribution >= 0.6 is 15.9 Å². The van der Waals surface area contributed by atoms with E-state index in [0.29, 0.717) is 5.69 Å². The summed E-state index contributed by atoms with van der Waals surface area (Å²) in [5.41, 5.74) is 7.15. The summed E-state index contributed by atoms with van der Waals surface area (Å²) >= 11 is 3.35. The number of hydrogen-bond donors (Lipinski definition) is 1. The van der Waals surface area contributed by atoms with Crippen LogP contribution in [0.15, 0.2) is 33.6 Å². The van der Waals surface area contributed by atoms with Gasteiger partial charge in [0.1, 0.15) is 4.90 Å². The number of sulfonamides is 1. The third-order valence-corrected chi connectivity index (χ3v) is 5.79. The summed E-state index contributed by atoms with van der Waals surface area (Å²) in [7, 11) is -0.477.